The normalized spacial score (nSPS) is 13.4. The molecule has 0 saturated carbocycles. The monoisotopic (exact) mass is 672 g/mol. The number of halogens is 2. The zero-order chi connectivity index (χ0) is 22.7. The molecular formula is C28H38I2N2O. The Balaban J connectivity index is 0.00000272. The average Bonchev–Trinajstić information content (AvgIpc) is 2.72. The van der Waals surface area contributed by atoms with Gasteiger partial charge in [-0.2, -0.15) is 0 Å². The zero-order valence-electron chi connectivity index (χ0n) is 20.7. The number of aryl methyl sites for hydroxylation is 1. The Hall–Kier alpha value is -1.000. The van der Waals surface area contributed by atoms with E-state index in [2.05, 4.69) is 90.8 Å². The molecule has 0 fully saturated rings. The van der Waals surface area contributed by atoms with Crippen molar-refractivity contribution in [3.63, 3.8) is 0 Å². The summed E-state index contributed by atoms with van der Waals surface area (Å²) in [5.41, 5.74) is 5.02. The lowest BCUT2D eigenvalue weighted by atomic mass is 9.82. The highest BCUT2D eigenvalue weighted by molar-refractivity contribution is 5.44. The van der Waals surface area contributed by atoms with Gasteiger partial charge in [0.25, 0.3) is 0 Å². The predicted molar refractivity (Wildman–Crippen MR) is 134 cm³/mol. The number of benzene rings is 3. The molecule has 0 amide bonds. The summed E-state index contributed by atoms with van der Waals surface area (Å²) in [5.74, 6) is 0. The van der Waals surface area contributed by atoms with Crippen molar-refractivity contribution in [2.24, 2.45) is 0 Å². The number of quaternary nitrogens is 2. The minimum absolute atomic E-state index is 0. The molecule has 5 heteroatoms. The van der Waals surface area contributed by atoms with Crippen LogP contribution in [-0.4, -0.2) is 47.4 Å². The van der Waals surface area contributed by atoms with Gasteiger partial charge in [-0.1, -0.05) is 54.6 Å². The summed E-state index contributed by atoms with van der Waals surface area (Å²) < 4.78 is 1.59. The fourth-order valence-electron chi connectivity index (χ4n) is 3.94. The van der Waals surface area contributed by atoms with Crippen LogP contribution in [0.15, 0.2) is 78.9 Å². The van der Waals surface area contributed by atoms with Crippen LogP contribution in [0, 0.1) is 0 Å². The summed E-state index contributed by atoms with van der Waals surface area (Å²) >= 11 is 0. The molecule has 0 aliphatic carbocycles. The van der Waals surface area contributed by atoms with Crippen molar-refractivity contribution < 1.29 is 53.1 Å². The van der Waals surface area contributed by atoms with Gasteiger partial charge in [0.2, 0.25) is 0 Å². The van der Waals surface area contributed by atoms with Crippen molar-refractivity contribution in [3.05, 3.63) is 95.6 Å². The SMILES string of the molecule is C[N+](C)(C)c1ccc(CCC(O)(Cc2ccc([N+](C)(C)C)cc2)c2ccccc2)cc1.[I-].[I-]. The van der Waals surface area contributed by atoms with E-state index < -0.39 is 5.60 Å². The van der Waals surface area contributed by atoms with Gasteiger partial charge in [-0.25, -0.2) is 0 Å². The summed E-state index contributed by atoms with van der Waals surface area (Å²) in [5, 5.41) is 11.8. The molecule has 0 bridgehead atoms. The molecular weight excluding hydrogens is 634 g/mol. The number of hydrogen-bond acceptors (Lipinski definition) is 1. The standard InChI is InChI=1S/C28H38N2O.2HI/c1-29(2,3)26-16-12-23(13-17-26)20-21-28(31,25-10-8-7-9-11-25)22-24-14-18-27(19-15-24)30(4,5)6;;/h7-19,31H,20-22H2,1-6H3;2*1H/q+2;;/p-2. The molecule has 1 atom stereocenters. The van der Waals surface area contributed by atoms with E-state index in [1.54, 1.807) is 0 Å². The summed E-state index contributed by atoms with van der Waals surface area (Å²) in [7, 11) is 13.0. The van der Waals surface area contributed by atoms with Gasteiger partial charge in [-0.3, -0.25) is 8.97 Å². The minimum atomic E-state index is -0.905. The molecule has 3 aromatic rings. The third kappa shape index (κ3) is 8.31. The Kier molecular flexibility index (Phi) is 11.0. The molecule has 3 rings (SSSR count). The molecule has 33 heavy (non-hydrogen) atoms. The third-order valence-corrected chi connectivity index (χ3v) is 6.06. The second-order valence-electron chi connectivity index (χ2n) is 10.4. The van der Waals surface area contributed by atoms with Gasteiger partial charge in [0.1, 0.15) is 11.4 Å². The van der Waals surface area contributed by atoms with E-state index in [1.807, 2.05) is 30.3 Å². The van der Waals surface area contributed by atoms with Crippen LogP contribution in [0.4, 0.5) is 11.4 Å². The van der Waals surface area contributed by atoms with Crippen LogP contribution in [0.2, 0.25) is 0 Å². The molecule has 180 valence electrons. The van der Waals surface area contributed by atoms with Crippen molar-refractivity contribution in [1.29, 1.82) is 0 Å². The van der Waals surface area contributed by atoms with Crippen LogP contribution in [0.25, 0.3) is 0 Å². The largest absolute Gasteiger partial charge is 1.00 e. The van der Waals surface area contributed by atoms with E-state index >= 15 is 0 Å². The first-order chi connectivity index (χ1) is 14.5. The Labute approximate surface area is 234 Å². The number of rotatable bonds is 8. The van der Waals surface area contributed by atoms with Crippen LogP contribution in [0.3, 0.4) is 0 Å². The summed E-state index contributed by atoms with van der Waals surface area (Å²) in [4.78, 5) is 0. The average molecular weight is 672 g/mol. The molecule has 3 nitrogen and oxygen atoms in total. The minimum Gasteiger partial charge on any atom is -1.00 e. The predicted octanol–water partition coefficient (Wildman–Crippen LogP) is -0.849. The maximum absolute atomic E-state index is 11.8. The number of aliphatic hydroxyl groups is 1. The van der Waals surface area contributed by atoms with Crippen molar-refractivity contribution in [1.82, 2.24) is 8.97 Å². The highest BCUT2D eigenvalue weighted by atomic mass is 127. The van der Waals surface area contributed by atoms with E-state index in [4.69, 9.17) is 0 Å². The van der Waals surface area contributed by atoms with Crippen molar-refractivity contribution in [2.45, 2.75) is 24.9 Å². The smallest absolute Gasteiger partial charge is 0.132 e. The van der Waals surface area contributed by atoms with Gasteiger partial charge < -0.3 is 53.1 Å². The van der Waals surface area contributed by atoms with Gasteiger partial charge in [0.05, 0.1) is 47.9 Å². The lowest BCUT2D eigenvalue weighted by molar-refractivity contribution is -0.001000. The van der Waals surface area contributed by atoms with Gasteiger partial charge in [-0.05, 0) is 53.8 Å². The highest BCUT2D eigenvalue weighted by Crippen LogP contribution is 2.32. The second-order valence-corrected chi connectivity index (χ2v) is 10.4. The summed E-state index contributed by atoms with van der Waals surface area (Å²) in [6, 6.07) is 27.5. The van der Waals surface area contributed by atoms with Crippen LogP contribution in [0.1, 0.15) is 23.1 Å². The molecule has 0 spiro atoms. The van der Waals surface area contributed by atoms with E-state index in [0.29, 0.717) is 12.8 Å². The summed E-state index contributed by atoms with van der Waals surface area (Å²) in [6.45, 7) is 0. The first kappa shape index (κ1) is 30.0. The molecule has 0 aromatic heterocycles. The highest BCUT2D eigenvalue weighted by Gasteiger charge is 2.29. The van der Waals surface area contributed by atoms with Gasteiger partial charge in [0, 0.05) is 6.42 Å². The van der Waals surface area contributed by atoms with Crippen molar-refractivity contribution in [3.8, 4) is 0 Å². The Bertz CT molecular complexity index is 976. The number of hydrogen-bond donors (Lipinski definition) is 1. The van der Waals surface area contributed by atoms with Gasteiger partial charge in [-0.15, -0.1) is 0 Å². The van der Waals surface area contributed by atoms with Crippen LogP contribution >= 0.6 is 0 Å². The quantitative estimate of drug-likeness (QED) is 0.245. The molecule has 0 aliphatic heterocycles. The Morgan fingerprint density at radius 3 is 1.45 bits per heavy atom. The lowest BCUT2D eigenvalue weighted by Gasteiger charge is -2.30. The first-order valence-corrected chi connectivity index (χ1v) is 11.1. The van der Waals surface area contributed by atoms with E-state index in [1.165, 1.54) is 16.9 Å². The van der Waals surface area contributed by atoms with Crippen LogP contribution in [0.5, 0.6) is 0 Å². The molecule has 1 unspecified atom stereocenters. The summed E-state index contributed by atoms with van der Waals surface area (Å²) in [6.07, 6.45) is 2.11. The number of nitrogens with zero attached hydrogens (tertiary/aromatic N) is 2. The van der Waals surface area contributed by atoms with Crippen LogP contribution in [-0.2, 0) is 18.4 Å². The van der Waals surface area contributed by atoms with E-state index in [0.717, 1.165) is 26.5 Å². The maximum Gasteiger partial charge on any atom is 0.132 e. The topological polar surface area (TPSA) is 20.2 Å². The first-order valence-electron chi connectivity index (χ1n) is 11.1. The molecule has 0 heterocycles. The Morgan fingerprint density at radius 1 is 0.606 bits per heavy atom. The van der Waals surface area contributed by atoms with Gasteiger partial charge >= 0.3 is 0 Å². The van der Waals surface area contributed by atoms with E-state index in [9.17, 15) is 5.11 Å². The van der Waals surface area contributed by atoms with Crippen molar-refractivity contribution in [2.75, 3.05) is 42.3 Å². The fraction of sp³-hybridized carbons (Fsp3) is 0.357. The fourth-order valence-corrected chi connectivity index (χ4v) is 3.94. The van der Waals surface area contributed by atoms with Crippen molar-refractivity contribution >= 4 is 11.4 Å². The zero-order valence-corrected chi connectivity index (χ0v) is 25.0. The second kappa shape index (κ2) is 12.1. The molecule has 0 aliphatic rings. The van der Waals surface area contributed by atoms with Crippen LogP contribution < -0.4 is 56.9 Å². The maximum atomic E-state index is 11.8. The molecule has 0 saturated heterocycles. The Morgan fingerprint density at radius 2 is 1.03 bits per heavy atom. The van der Waals surface area contributed by atoms with Gasteiger partial charge in [0.15, 0.2) is 0 Å². The van der Waals surface area contributed by atoms with E-state index in [-0.39, 0.29) is 48.0 Å². The molecule has 0 radical (unpaired) electrons. The molecule has 3 aromatic carbocycles. The third-order valence-electron chi connectivity index (χ3n) is 6.06. The lowest BCUT2D eigenvalue weighted by Crippen LogP contribution is -3.00. The molecule has 1 N–H and O–H groups in total.